The molecule has 3 nitrogen and oxygen atoms in total. The van der Waals surface area contributed by atoms with Crippen LogP contribution in [0.3, 0.4) is 0 Å². The highest BCUT2D eigenvalue weighted by Gasteiger charge is 2.37. The maximum atomic E-state index is 13.3. The quantitative estimate of drug-likeness (QED) is 0.503. The van der Waals surface area contributed by atoms with Crippen molar-refractivity contribution in [1.82, 2.24) is 9.47 Å². The maximum absolute atomic E-state index is 13.3. The topological polar surface area (TPSA) is 25.2 Å². The van der Waals surface area contributed by atoms with E-state index in [1.54, 1.807) is 5.56 Å². The molecule has 0 bridgehead atoms. The van der Waals surface area contributed by atoms with Gasteiger partial charge in [-0.2, -0.15) is 0 Å². The minimum atomic E-state index is 0.188. The van der Waals surface area contributed by atoms with E-state index in [1.165, 1.54) is 60.7 Å². The molecule has 0 radical (unpaired) electrons. The second kappa shape index (κ2) is 7.30. The van der Waals surface area contributed by atoms with Gasteiger partial charge in [0.15, 0.2) is 0 Å². The van der Waals surface area contributed by atoms with E-state index in [9.17, 15) is 4.79 Å². The first kappa shape index (κ1) is 18.2. The van der Waals surface area contributed by atoms with Gasteiger partial charge in [-0.3, -0.25) is 4.79 Å². The molecule has 0 N–H and O–H groups in total. The van der Waals surface area contributed by atoms with Crippen molar-refractivity contribution in [2.75, 3.05) is 6.54 Å². The van der Waals surface area contributed by atoms with Crippen LogP contribution in [0.1, 0.15) is 84.1 Å². The predicted molar refractivity (Wildman–Crippen MR) is 121 cm³/mol. The van der Waals surface area contributed by atoms with Crippen molar-refractivity contribution in [3.8, 4) is 0 Å². The number of aromatic nitrogens is 1. The van der Waals surface area contributed by atoms with Gasteiger partial charge in [-0.25, -0.2) is 0 Å². The lowest BCUT2D eigenvalue weighted by atomic mass is 9.83. The number of nitrogens with zero attached hydrogens (tertiary/aromatic N) is 2. The Morgan fingerprint density at radius 2 is 1.70 bits per heavy atom. The largest absolute Gasteiger partial charge is 0.341 e. The summed E-state index contributed by atoms with van der Waals surface area (Å²) < 4.78 is 2.54. The summed E-state index contributed by atoms with van der Waals surface area (Å²) in [6.07, 6.45) is 10.2. The summed E-state index contributed by atoms with van der Waals surface area (Å²) in [6.45, 7) is 1.71. The fourth-order valence-electron chi connectivity index (χ4n) is 6.30. The molecule has 0 spiro atoms. The third-order valence-corrected chi connectivity index (χ3v) is 7.76. The summed E-state index contributed by atoms with van der Waals surface area (Å²) in [5, 5.41) is 1.46. The van der Waals surface area contributed by atoms with E-state index in [-0.39, 0.29) is 11.9 Å². The van der Waals surface area contributed by atoms with Gasteiger partial charge in [-0.1, -0.05) is 43.5 Å². The van der Waals surface area contributed by atoms with Crippen molar-refractivity contribution in [3.63, 3.8) is 0 Å². The number of amides is 1. The summed E-state index contributed by atoms with van der Waals surface area (Å²) in [5.41, 5.74) is 6.69. The zero-order chi connectivity index (χ0) is 20.1. The van der Waals surface area contributed by atoms with Gasteiger partial charge >= 0.3 is 0 Å². The van der Waals surface area contributed by atoms with Crippen LogP contribution in [0.25, 0.3) is 10.9 Å². The van der Waals surface area contributed by atoms with Gasteiger partial charge < -0.3 is 9.47 Å². The summed E-state index contributed by atoms with van der Waals surface area (Å²) in [7, 11) is 0. The molecular weight excluding hydrogens is 368 g/mol. The van der Waals surface area contributed by atoms with Crippen LogP contribution in [0.5, 0.6) is 0 Å². The lowest BCUT2D eigenvalue weighted by Gasteiger charge is -2.40. The zero-order valence-electron chi connectivity index (χ0n) is 17.6. The molecular formula is C27H30N2O. The zero-order valence-corrected chi connectivity index (χ0v) is 17.6. The van der Waals surface area contributed by atoms with Gasteiger partial charge in [-0.05, 0) is 73.4 Å². The van der Waals surface area contributed by atoms with Gasteiger partial charge in [0.05, 0.1) is 6.04 Å². The molecule has 0 unspecified atom stereocenters. The Kier molecular flexibility index (Phi) is 4.44. The van der Waals surface area contributed by atoms with E-state index >= 15 is 0 Å². The first-order valence-electron chi connectivity index (χ1n) is 11.8. The lowest BCUT2D eigenvalue weighted by Crippen LogP contribution is -2.43. The highest BCUT2D eigenvalue weighted by Crippen LogP contribution is 2.44. The summed E-state index contributed by atoms with van der Waals surface area (Å²) in [6, 6.07) is 17.3. The van der Waals surface area contributed by atoms with Gasteiger partial charge in [0.2, 0.25) is 0 Å². The maximum Gasteiger partial charge on any atom is 0.254 e. The fourth-order valence-corrected chi connectivity index (χ4v) is 6.30. The lowest BCUT2D eigenvalue weighted by molar-refractivity contribution is 0.0601. The first-order chi connectivity index (χ1) is 14.8. The van der Waals surface area contributed by atoms with Crippen LogP contribution in [0, 0.1) is 0 Å². The average Bonchev–Trinajstić information content (AvgIpc) is 3.15. The number of carbonyl (C=O) groups is 1. The molecule has 2 heterocycles. The summed E-state index contributed by atoms with van der Waals surface area (Å²) in [5.74, 6) is 0.927. The third kappa shape index (κ3) is 2.82. The van der Waals surface area contributed by atoms with Crippen LogP contribution in [0.15, 0.2) is 48.5 Å². The van der Waals surface area contributed by atoms with Crippen molar-refractivity contribution >= 4 is 16.8 Å². The SMILES string of the molecule is O=C(c1ccccc1)N1CCn2c3c(c4cc(C5CCCCC5)ccc42)CCC[C@H]31. The van der Waals surface area contributed by atoms with E-state index < -0.39 is 0 Å². The second-order valence-corrected chi connectivity index (χ2v) is 9.40. The Hall–Kier alpha value is -2.55. The number of fused-ring (bicyclic) bond motifs is 3. The fraction of sp³-hybridized carbons (Fsp3) is 0.444. The first-order valence-corrected chi connectivity index (χ1v) is 11.8. The van der Waals surface area contributed by atoms with Crippen molar-refractivity contribution < 1.29 is 4.79 Å². The Balaban J connectivity index is 1.42. The van der Waals surface area contributed by atoms with Gasteiger partial charge in [0.25, 0.3) is 5.91 Å². The molecule has 2 aromatic carbocycles. The van der Waals surface area contributed by atoms with Crippen LogP contribution in [-0.2, 0) is 13.0 Å². The van der Waals surface area contributed by atoms with Crippen molar-refractivity contribution in [2.45, 2.75) is 69.9 Å². The highest BCUT2D eigenvalue weighted by molar-refractivity contribution is 5.95. The number of rotatable bonds is 2. The Bertz CT molecular complexity index is 1090. The van der Waals surface area contributed by atoms with Crippen LogP contribution < -0.4 is 0 Å². The Morgan fingerprint density at radius 3 is 2.53 bits per heavy atom. The highest BCUT2D eigenvalue weighted by atomic mass is 16.2. The number of hydrogen-bond donors (Lipinski definition) is 0. The smallest absolute Gasteiger partial charge is 0.254 e. The molecule has 1 fully saturated rings. The van der Waals surface area contributed by atoms with E-state index in [2.05, 4.69) is 27.7 Å². The molecule has 1 aromatic heterocycles. The number of aryl methyl sites for hydroxylation is 1. The monoisotopic (exact) mass is 398 g/mol. The molecule has 3 heteroatoms. The van der Waals surface area contributed by atoms with Crippen LogP contribution in [-0.4, -0.2) is 21.9 Å². The minimum Gasteiger partial charge on any atom is -0.341 e. The summed E-state index contributed by atoms with van der Waals surface area (Å²) in [4.78, 5) is 15.5. The van der Waals surface area contributed by atoms with Gasteiger partial charge in [0.1, 0.15) is 0 Å². The van der Waals surface area contributed by atoms with E-state index in [0.717, 1.165) is 37.4 Å². The molecule has 154 valence electrons. The normalized spacial score (nSPS) is 21.6. The van der Waals surface area contributed by atoms with E-state index in [0.29, 0.717) is 0 Å². The molecule has 1 aliphatic heterocycles. The third-order valence-electron chi connectivity index (χ3n) is 7.76. The van der Waals surface area contributed by atoms with Crippen molar-refractivity contribution in [2.24, 2.45) is 0 Å². The predicted octanol–water partition coefficient (Wildman–Crippen LogP) is 6.22. The molecule has 1 saturated carbocycles. The summed E-state index contributed by atoms with van der Waals surface area (Å²) >= 11 is 0. The van der Waals surface area contributed by atoms with E-state index in [4.69, 9.17) is 0 Å². The molecule has 2 aliphatic carbocycles. The number of hydrogen-bond acceptors (Lipinski definition) is 1. The van der Waals surface area contributed by atoms with Crippen molar-refractivity contribution in [1.29, 1.82) is 0 Å². The Morgan fingerprint density at radius 1 is 0.867 bits per heavy atom. The molecule has 3 aromatic rings. The van der Waals surface area contributed by atoms with E-state index in [1.807, 2.05) is 30.3 Å². The Labute approximate surface area is 178 Å². The van der Waals surface area contributed by atoms with Crippen molar-refractivity contribution in [3.05, 3.63) is 70.9 Å². The van der Waals surface area contributed by atoms with Crippen LogP contribution in [0.2, 0.25) is 0 Å². The number of benzene rings is 2. The molecule has 30 heavy (non-hydrogen) atoms. The molecule has 0 saturated heterocycles. The number of carbonyl (C=O) groups excluding carboxylic acids is 1. The molecule has 1 amide bonds. The van der Waals surface area contributed by atoms with Gasteiger partial charge in [-0.15, -0.1) is 0 Å². The molecule has 3 aliphatic rings. The molecule has 1 atom stereocenters. The standard InChI is InChI=1S/C27H30N2O/c30-27(20-10-5-2-6-11-20)29-17-16-28-24-15-14-21(19-8-3-1-4-9-19)18-23(24)22-12-7-13-25(29)26(22)28/h2,5-6,10-11,14-15,18-19,25H,1,3-4,7-9,12-13,16-17H2/t25-/m1/s1. The average molecular weight is 399 g/mol. The van der Waals surface area contributed by atoms with Crippen LogP contribution in [0.4, 0.5) is 0 Å². The van der Waals surface area contributed by atoms with Crippen LogP contribution >= 0.6 is 0 Å². The van der Waals surface area contributed by atoms with Gasteiger partial charge in [0, 0.05) is 35.2 Å². The minimum absolute atomic E-state index is 0.188. The second-order valence-electron chi connectivity index (χ2n) is 9.40. The molecule has 6 rings (SSSR count).